The number of carbonyl (C=O) groups excluding carboxylic acids is 3. The molecule has 1 aliphatic rings. The van der Waals surface area contributed by atoms with Crippen LogP contribution >= 0.6 is 0 Å². The van der Waals surface area contributed by atoms with E-state index in [-0.39, 0.29) is 40.3 Å². The molecule has 8 heteroatoms. The molecule has 0 bridgehead atoms. The van der Waals surface area contributed by atoms with Crippen molar-refractivity contribution in [1.29, 1.82) is 0 Å². The van der Waals surface area contributed by atoms with Crippen molar-refractivity contribution in [3.63, 3.8) is 0 Å². The quantitative estimate of drug-likeness (QED) is 0.241. The molecule has 0 aliphatic carbocycles. The molecule has 0 aromatic heterocycles. The summed E-state index contributed by atoms with van der Waals surface area (Å²) in [5, 5.41) is 20.9. The number of ether oxygens (including phenoxy) is 1. The molecule has 4 rings (SSSR count). The molecule has 0 saturated carbocycles. The SMILES string of the molecule is CCOC(=O)c1cccc(N2C(=O)C(=O)/C(=C(/O)c3ccc(F)c(C)c3)C2c2ccc(O)cc2)c1. The molecule has 35 heavy (non-hydrogen) atoms. The molecule has 3 aromatic carbocycles. The first-order valence-corrected chi connectivity index (χ1v) is 10.9. The molecule has 1 atom stereocenters. The standard InChI is InChI=1S/C27H22FNO6/c1-3-35-27(34)18-5-4-6-19(14-18)29-23(16-7-10-20(30)11-8-16)22(25(32)26(29)33)24(31)17-9-12-21(28)15(2)13-17/h4-14,23,30-31H,3H2,1-2H3/b24-22+. The first-order chi connectivity index (χ1) is 16.7. The van der Waals surface area contributed by atoms with E-state index in [0.717, 1.165) is 0 Å². The Bertz CT molecular complexity index is 1360. The average molecular weight is 475 g/mol. The monoisotopic (exact) mass is 475 g/mol. The summed E-state index contributed by atoms with van der Waals surface area (Å²) in [5.74, 6) is -3.41. The lowest BCUT2D eigenvalue weighted by Crippen LogP contribution is -2.29. The number of aryl methyl sites for hydroxylation is 1. The van der Waals surface area contributed by atoms with E-state index in [4.69, 9.17) is 4.74 Å². The highest BCUT2D eigenvalue weighted by Crippen LogP contribution is 2.42. The maximum Gasteiger partial charge on any atom is 0.338 e. The van der Waals surface area contributed by atoms with E-state index in [1.807, 2.05) is 0 Å². The van der Waals surface area contributed by atoms with Crippen LogP contribution < -0.4 is 4.90 Å². The van der Waals surface area contributed by atoms with Gasteiger partial charge in [0.2, 0.25) is 0 Å². The third-order valence-corrected chi connectivity index (χ3v) is 5.72. The third-order valence-electron chi connectivity index (χ3n) is 5.72. The number of nitrogens with zero attached hydrogens (tertiary/aromatic N) is 1. The average Bonchev–Trinajstić information content (AvgIpc) is 3.11. The number of rotatable bonds is 5. The lowest BCUT2D eigenvalue weighted by molar-refractivity contribution is -0.132. The van der Waals surface area contributed by atoms with Crippen molar-refractivity contribution in [1.82, 2.24) is 0 Å². The minimum absolute atomic E-state index is 0.0239. The van der Waals surface area contributed by atoms with Crippen LogP contribution in [-0.2, 0) is 14.3 Å². The molecule has 2 N–H and O–H groups in total. The minimum atomic E-state index is -1.07. The number of phenolic OH excluding ortho intramolecular Hbond substituents is 1. The zero-order valence-corrected chi connectivity index (χ0v) is 19.0. The van der Waals surface area contributed by atoms with E-state index in [2.05, 4.69) is 0 Å². The number of anilines is 1. The molecule has 1 heterocycles. The second kappa shape index (κ2) is 9.42. The predicted molar refractivity (Wildman–Crippen MR) is 126 cm³/mol. The number of esters is 1. The van der Waals surface area contributed by atoms with Crippen LogP contribution in [-0.4, -0.2) is 34.5 Å². The smallest absolute Gasteiger partial charge is 0.338 e. The molecule has 178 valence electrons. The number of carbonyl (C=O) groups is 3. The molecule has 0 spiro atoms. The third kappa shape index (κ3) is 4.38. The molecule has 0 radical (unpaired) electrons. The van der Waals surface area contributed by atoms with Crippen molar-refractivity contribution in [3.05, 3.63) is 100 Å². The predicted octanol–water partition coefficient (Wildman–Crippen LogP) is 4.64. The molecule has 1 saturated heterocycles. The Morgan fingerprint density at radius 2 is 1.74 bits per heavy atom. The normalized spacial score (nSPS) is 17.0. The summed E-state index contributed by atoms with van der Waals surface area (Å²) in [6.07, 6.45) is 0. The first-order valence-electron chi connectivity index (χ1n) is 10.9. The molecular weight excluding hydrogens is 453 g/mol. The van der Waals surface area contributed by atoms with Crippen LogP contribution in [0.3, 0.4) is 0 Å². The fourth-order valence-electron chi connectivity index (χ4n) is 4.02. The van der Waals surface area contributed by atoms with Crippen molar-refractivity contribution in [2.45, 2.75) is 19.9 Å². The number of halogens is 1. The van der Waals surface area contributed by atoms with E-state index in [0.29, 0.717) is 5.56 Å². The number of hydrogen-bond donors (Lipinski definition) is 2. The number of amides is 1. The Balaban J connectivity index is 1.92. The summed E-state index contributed by atoms with van der Waals surface area (Å²) in [6, 6.07) is 14.7. The van der Waals surface area contributed by atoms with Crippen LogP contribution in [0, 0.1) is 12.7 Å². The first kappa shape index (κ1) is 23.7. The summed E-state index contributed by atoms with van der Waals surface area (Å²) in [4.78, 5) is 39.9. The van der Waals surface area contributed by atoms with E-state index in [9.17, 15) is 29.0 Å². The maximum atomic E-state index is 13.8. The van der Waals surface area contributed by atoms with Gasteiger partial charge >= 0.3 is 5.97 Å². The van der Waals surface area contributed by atoms with Crippen LogP contribution in [0.25, 0.3) is 5.76 Å². The highest BCUT2D eigenvalue weighted by Gasteiger charge is 2.47. The Hall–Kier alpha value is -4.46. The van der Waals surface area contributed by atoms with Gasteiger partial charge in [0, 0.05) is 11.3 Å². The van der Waals surface area contributed by atoms with E-state index in [1.165, 1.54) is 66.4 Å². The Morgan fingerprint density at radius 1 is 1.03 bits per heavy atom. The van der Waals surface area contributed by atoms with Gasteiger partial charge in [0.05, 0.1) is 23.8 Å². The summed E-state index contributed by atoms with van der Waals surface area (Å²) >= 11 is 0. The molecule has 1 amide bonds. The van der Waals surface area contributed by atoms with Crippen molar-refractivity contribution in [2.75, 3.05) is 11.5 Å². The largest absolute Gasteiger partial charge is 0.508 e. The number of benzene rings is 3. The maximum absolute atomic E-state index is 13.8. The van der Waals surface area contributed by atoms with Gasteiger partial charge in [-0.3, -0.25) is 14.5 Å². The van der Waals surface area contributed by atoms with Gasteiger partial charge in [-0.1, -0.05) is 18.2 Å². The van der Waals surface area contributed by atoms with Gasteiger partial charge in [0.1, 0.15) is 17.3 Å². The second-order valence-corrected chi connectivity index (χ2v) is 8.00. The van der Waals surface area contributed by atoms with Gasteiger partial charge in [-0.25, -0.2) is 9.18 Å². The van der Waals surface area contributed by atoms with Gasteiger partial charge in [-0.15, -0.1) is 0 Å². The molecule has 1 aliphatic heterocycles. The number of phenols is 1. The molecule has 7 nitrogen and oxygen atoms in total. The van der Waals surface area contributed by atoms with Crippen LogP contribution in [0.5, 0.6) is 5.75 Å². The zero-order valence-electron chi connectivity index (χ0n) is 19.0. The van der Waals surface area contributed by atoms with Crippen LogP contribution in [0.4, 0.5) is 10.1 Å². The fourth-order valence-corrected chi connectivity index (χ4v) is 4.02. The van der Waals surface area contributed by atoms with Gasteiger partial charge in [0.15, 0.2) is 0 Å². The van der Waals surface area contributed by atoms with E-state index in [1.54, 1.807) is 19.1 Å². The van der Waals surface area contributed by atoms with Crippen LogP contribution in [0.2, 0.25) is 0 Å². The highest BCUT2D eigenvalue weighted by atomic mass is 19.1. The summed E-state index contributed by atoms with van der Waals surface area (Å²) in [5.41, 5.74) is 1.09. The van der Waals surface area contributed by atoms with Crippen LogP contribution in [0.1, 0.15) is 40.0 Å². The van der Waals surface area contributed by atoms with Gasteiger partial charge in [0.25, 0.3) is 11.7 Å². The van der Waals surface area contributed by atoms with Gasteiger partial charge in [-0.2, -0.15) is 0 Å². The molecule has 1 fully saturated rings. The fraction of sp³-hybridized carbons (Fsp3) is 0.148. The number of aliphatic hydroxyl groups is 1. The Morgan fingerprint density at radius 3 is 2.40 bits per heavy atom. The molecule has 3 aromatic rings. The summed E-state index contributed by atoms with van der Waals surface area (Å²) < 4.78 is 18.8. The van der Waals surface area contributed by atoms with Crippen molar-refractivity contribution in [2.24, 2.45) is 0 Å². The van der Waals surface area contributed by atoms with Crippen molar-refractivity contribution in [3.8, 4) is 5.75 Å². The van der Waals surface area contributed by atoms with Crippen molar-refractivity contribution < 1.29 is 33.7 Å². The Kier molecular flexibility index (Phi) is 6.38. The highest BCUT2D eigenvalue weighted by molar-refractivity contribution is 6.51. The van der Waals surface area contributed by atoms with Crippen molar-refractivity contribution >= 4 is 29.1 Å². The number of ketones is 1. The number of aromatic hydroxyl groups is 1. The van der Waals surface area contributed by atoms with E-state index >= 15 is 0 Å². The number of Topliss-reactive ketones (excluding diaryl/α,β-unsaturated/α-hetero) is 1. The number of hydrogen-bond acceptors (Lipinski definition) is 6. The lowest BCUT2D eigenvalue weighted by Gasteiger charge is -2.26. The lowest BCUT2D eigenvalue weighted by atomic mass is 9.94. The minimum Gasteiger partial charge on any atom is -0.508 e. The summed E-state index contributed by atoms with van der Waals surface area (Å²) in [6.45, 7) is 3.35. The second-order valence-electron chi connectivity index (χ2n) is 8.00. The molecule has 1 unspecified atom stereocenters. The molecular formula is C27H22FNO6. The van der Waals surface area contributed by atoms with E-state index < -0.39 is 35.3 Å². The topological polar surface area (TPSA) is 104 Å². The zero-order chi connectivity index (χ0) is 25.3. The van der Waals surface area contributed by atoms with Gasteiger partial charge < -0.3 is 14.9 Å². The van der Waals surface area contributed by atoms with Crippen LogP contribution in [0.15, 0.2) is 72.3 Å². The van der Waals surface area contributed by atoms with Gasteiger partial charge in [-0.05, 0) is 73.5 Å². The number of aliphatic hydroxyl groups excluding tert-OH is 1. The Labute approximate surface area is 200 Å². The summed E-state index contributed by atoms with van der Waals surface area (Å²) in [7, 11) is 0.